The summed E-state index contributed by atoms with van der Waals surface area (Å²) in [7, 11) is 3.54. The molecule has 0 aromatic heterocycles. The highest BCUT2D eigenvalue weighted by Crippen LogP contribution is 2.53. The monoisotopic (exact) mass is 551 g/mol. The van der Waals surface area contributed by atoms with Crippen LogP contribution in [0.5, 0.6) is 0 Å². The molecule has 0 bridgehead atoms. The lowest BCUT2D eigenvalue weighted by molar-refractivity contribution is -0.145. The topological polar surface area (TPSA) is 78.4 Å². The van der Waals surface area contributed by atoms with Crippen LogP contribution in [0.1, 0.15) is 45.4 Å². The summed E-state index contributed by atoms with van der Waals surface area (Å²) in [6.07, 6.45) is 7.66. The lowest BCUT2D eigenvalue weighted by Gasteiger charge is -2.58. The zero-order valence-corrected chi connectivity index (χ0v) is 21.9. The van der Waals surface area contributed by atoms with Crippen molar-refractivity contribution in [2.24, 2.45) is 10.4 Å². The number of carbonyl (C=O) groups is 1. The van der Waals surface area contributed by atoms with Gasteiger partial charge in [-0.3, -0.25) is 9.69 Å². The Kier molecular flexibility index (Phi) is 11.3. The molecular formula is C22H42IN5O3. The van der Waals surface area contributed by atoms with E-state index in [0.29, 0.717) is 12.1 Å². The molecule has 31 heavy (non-hydrogen) atoms. The van der Waals surface area contributed by atoms with Crippen LogP contribution in [-0.2, 0) is 14.3 Å². The number of amides is 1. The second kappa shape index (κ2) is 13.2. The van der Waals surface area contributed by atoms with Crippen molar-refractivity contribution in [2.45, 2.75) is 57.6 Å². The number of morpholine rings is 1. The average Bonchev–Trinajstić information content (AvgIpc) is 2.77. The minimum absolute atomic E-state index is 0. The quantitative estimate of drug-likeness (QED) is 0.272. The van der Waals surface area contributed by atoms with Gasteiger partial charge in [0.2, 0.25) is 5.91 Å². The van der Waals surface area contributed by atoms with E-state index >= 15 is 0 Å². The Hall–Kier alpha value is -0.650. The normalized spacial score (nSPS) is 26.0. The predicted octanol–water partition coefficient (Wildman–Crippen LogP) is 1.69. The minimum atomic E-state index is 0. The van der Waals surface area contributed by atoms with E-state index in [0.717, 1.165) is 58.4 Å². The second-order valence-electron chi connectivity index (χ2n) is 9.00. The van der Waals surface area contributed by atoms with Crippen molar-refractivity contribution < 1.29 is 14.3 Å². The first-order chi connectivity index (χ1) is 14.5. The lowest BCUT2D eigenvalue weighted by Crippen LogP contribution is -2.66. The summed E-state index contributed by atoms with van der Waals surface area (Å²) >= 11 is 0. The Morgan fingerprint density at radius 1 is 1.23 bits per heavy atom. The third-order valence-electron chi connectivity index (χ3n) is 6.94. The van der Waals surface area contributed by atoms with Gasteiger partial charge in [0.15, 0.2) is 5.96 Å². The highest BCUT2D eigenvalue weighted by molar-refractivity contribution is 14.0. The number of halogens is 1. The molecule has 3 fully saturated rings. The fourth-order valence-electron chi connectivity index (χ4n) is 5.03. The minimum Gasteiger partial charge on any atom is -0.379 e. The van der Waals surface area contributed by atoms with Gasteiger partial charge in [0.25, 0.3) is 0 Å². The molecule has 3 rings (SSSR count). The SMILES string of the molecule is CCOC1CC(NC(=NCC(=O)N(C)C)NCCN2CCOCC2)C12CCCCC2.I. The van der Waals surface area contributed by atoms with Crippen LogP contribution in [0, 0.1) is 5.41 Å². The summed E-state index contributed by atoms with van der Waals surface area (Å²) in [5.74, 6) is 0.765. The lowest BCUT2D eigenvalue weighted by atomic mass is 9.55. The van der Waals surface area contributed by atoms with E-state index in [4.69, 9.17) is 9.47 Å². The van der Waals surface area contributed by atoms with Crippen molar-refractivity contribution in [1.82, 2.24) is 20.4 Å². The number of guanidine groups is 1. The van der Waals surface area contributed by atoms with Gasteiger partial charge in [-0.1, -0.05) is 19.3 Å². The summed E-state index contributed by atoms with van der Waals surface area (Å²) in [6.45, 7) is 8.33. The van der Waals surface area contributed by atoms with Crippen LogP contribution in [0.4, 0.5) is 0 Å². The molecule has 1 heterocycles. The standard InChI is InChI=1S/C22H41N5O3.HI/c1-4-30-19-16-18(22(19)8-6-5-7-9-22)25-21(24-17-20(28)26(2)3)23-10-11-27-12-14-29-15-13-27;/h18-19H,4-17H2,1-3H3,(H2,23,24,25);1H. The molecule has 2 saturated carbocycles. The molecule has 0 radical (unpaired) electrons. The van der Waals surface area contributed by atoms with Crippen LogP contribution in [0.2, 0.25) is 0 Å². The van der Waals surface area contributed by atoms with Gasteiger partial charge in [-0.05, 0) is 26.2 Å². The molecule has 2 unspecified atom stereocenters. The van der Waals surface area contributed by atoms with Crippen LogP contribution >= 0.6 is 24.0 Å². The van der Waals surface area contributed by atoms with Gasteiger partial charge in [-0.25, -0.2) is 4.99 Å². The molecule has 8 nitrogen and oxygen atoms in total. The molecule has 1 spiro atoms. The van der Waals surface area contributed by atoms with Crippen LogP contribution in [0.3, 0.4) is 0 Å². The van der Waals surface area contributed by atoms with Gasteiger partial charge in [-0.2, -0.15) is 0 Å². The van der Waals surface area contributed by atoms with Crippen LogP contribution < -0.4 is 10.6 Å². The van der Waals surface area contributed by atoms with Crippen molar-refractivity contribution in [3.63, 3.8) is 0 Å². The van der Waals surface area contributed by atoms with Crippen molar-refractivity contribution in [1.29, 1.82) is 0 Å². The maximum absolute atomic E-state index is 12.1. The van der Waals surface area contributed by atoms with Crippen molar-refractivity contribution in [3.05, 3.63) is 0 Å². The first-order valence-electron chi connectivity index (χ1n) is 11.7. The molecular weight excluding hydrogens is 509 g/mol. The zero-order chi connectivity index (χ0) is 21.4. The van der Waals surface area contributed by atoms with Crippen molar-refractivity contribution in [3.8, 4) is 0 Å². The highest BCUT2D eigenvalue weighted by atomic mass is 127. The molecule has 1 amide bonds. The van der Waals surface area contributed by atoms with E-state index in [1.165, 1.54) is 32.1 Å². The summed E-state index contributed by atoms with van der Waals surface area (Å²) in [4.78, 5) is 20.7. The summed E-state index contributed by atoms with van der Waals surface area (Å²) in [5, 5.41) is 7.15. The molecule has 2 aliphatic carbocycles. The van der Waals surface area contributed by atoms with Crippen LogP contribution in [0.25, 0.3) is 0 Å². The van der Waals surface area contributed by atoms with E-state index < -0.39 is 0 Å². The summed E-state index contributed by atoms with van der Waals surface area (Å²) in [6, 6.07) is 0.360. The molecule has 3 aliphatic rings. The van der Waals surface area contributed by atoms with Crippen LogP contribution in [-0.4, -0.2) is 100 Å². The van der Waals surface area contributed by atoms with Crippen LogP contribution in [0.15, 0.2) is 4.99 Å². The Morgan fingerprint density at radius 2 is 1.94 bits per heavy atom. The molecule has 1 aliphatic heterocycles. The number of likely N-dealkylation sites (N-methyl/N-ethyl adjacent to an activating group) is 1. The largest absolute Gasteiger partial charge is 0.379 e. The third-order valence-corrected chi connectivity index (χ3v) is 6.94. The smallest absolute Gasteiger partial charge is 0.243 e. The first kappa shape index (κ1) is 26.6. The molecule has 1 saturated heterocycles. The molecule has 0 aromatic carbocycles. The zero-order valence-electron chi connectivity index (χ0n) is 19.5. The van der Waals surface area contributed by atoms with Gasteiger partial charge in [0.1, 0.15) is 6.54 Å². The number of nitrogens with one attached hydrogen (secondary N) is 2. The maximum atomic E-state index is 12.1. The Bertz CT molecular complexity index is 577. The molecule has 0 aromatic rings. The number of rotatable bonds is 8. The maximum Gasteiger partial charge on any atom is 0.243 e. The number of carbonyl (C=O) groups excluding carboxylic acids is 1. The van der Waals surface area contributed by atoms with Gasteiger partial charge < -0.3 is 25.0 Å². The number of aliphatic imine (C=N–C) groups is 1. The number of ether oxygens (including phenoxy) is 2. The van der Waals surface area contributed by atoms with Crippen molar-refractivity contribution in [2.75, 3.05) is 66.6 Å². The molecule has 9 heteroatoms. The van der Waals surface area contributed by atoms with E-state index in [9.17, 15) is 4.79 Å². The highest BCUT2D eigenvalue weighted by Gasteiger charge is 2.55. The third kappa shape index (κ3) is 7.17. The number of hydrogen-bond donors (Lipinski definition) is 2. The average molecular weight is 552 g/mol. The van der Waals surface area contributed by atoms with Gasteiger partial charge in [-0.15, -0.1) is 24.0 Å². The molecule has 2 atom stereocenters. The van der Waals surface area contributed by atoms with E-state index in [1.807, 2.05) is 0 Å². The van der Waals surface area contributed by atoms with Gasteiger partial charge >= 0.3 is 0 Å². The fourth-order valence-corrected chi connectivity index (χ4v) is 5.03. The Morgan fingerprint density at radius 3 is 2.58 bits per heavy atom. The van der Waals surface area contributed by atoms with E-state index in [-0.39, 0.29) is 41.8 Å². The Balaban J connectivity index is 0.00000341. The number of nitrogens with zero attached hydrogens (tertiary/aromatic N) is 3. The second-order valence-corrected chi connectivity index (χ2v) is 9.00. The number of hydrogen-bond acceptors (Lipinski definition) is 5. The van der Waals surface area contributed by atoms with Crippen molar-refractivity contribution >= 4 is 35.8 Å². The molecule has 180 valence electrons. The van der Waals surface area contributed by atoms with E-state index in [2.05, 4.69) is 27.4 Å². The van der Waals surface area contributed by atoms with E-state index in [1.54, 1.807) is 19.0 Å². The first-order valence-corrected chi connectivity index (χ1v) is 11.7. The van der Waals surface area contributed by atoms with Gasteiger partial charge in [0.05, 0.1) is 19.3 Å². The predicted molar refractivity (Wildman–Crippen MR) is 134 cm³/mol. The Labute approximate surface area is 204 Å². The summed E-state index contributed by atoms with van der Waals surface area (Å²) < 4.78 is 11.5. The fraction of sp³-hybridized carbons (Fsp3) is 0.909. The van der Waals surface area contributed by atoms with Gasteiger partial charge in [0, 0.05) is 58.3 Å². The molecule has 2 N–H and O–H groups in total. The summed E-state index contributed by atoms with van der Waals surface area (Å²) in [5.41, 5.74) is 0.215.